The standard InChI is InChI=1S/C17H31N3O5/c1-11(2)13(14(21)24-6)19-15(22)20-9-7-12(8-10-20)18-16(23)25-17(3,4)5/h11-13H,7-10H2,1-6H3,(H,18,23)(H,19,22)/t13-/m0/s1. The summed E-state index contributed by atoms with van der Waals surface area (Å²) in [5.74, 6) is -0.521. The van der Waals surface area contributed by atoms with Crippen LogP contribution in [0.5, 0.6) is 0 Å². The number of carbonyl (C=O) groups is 3. The fourth-order valence-electron chi connectivity index (χ4n) is 2.55. The van der Waals surface area contributed by atoms with Gasteiger partial charge in [-0.25, -0.2) is 14.4 Å². The van der Waals surface area contributed by atoms with Crippen molar-refractivity contribution in [2.45, 2.75) is 65.1 Å². The first-order valence-electron chi connectivity index (χ1n) is 8.66. The van der Waals surface area contributed by atoms with Gasteiger partial charge in [-0.15, -0.1) is 0 Å². The number of piperidine rings is 1. The number of rotatable bonds is 4. The van der Waals surface area contributed by atoms with Gasteiger partial charge in [0.1, 0.15) is 11.6 Å². The molecule has 0 unspecified atom stereocenters. The quantitative estimate of drug-likeness (QED) is 0.749. The van der Waals surface area contributed by atoms with E-state index < -0.39 is 23.7 Å². The van der Waals surface area contributed by atoms with Crippen LogP contribution in [0.25, 0.3) is 0 Å². The van der Waals surface area contributed by atoms with E-state index in [0.717, 1.165) is 0 Å². The molecule has 0 bridgehead atoms. The smallest absolute Gasteiger partial charge is 0.407 e. The lowest BCUT2D eigenvalue weighted by Gasteiger charge is -2.34. The highest BCUT2D eigenvalue weighted by Gasteiger charge is 2.30. The Balaban J connectivity index is 2.46. The van der Waals surface area contributed by atoms with Gasteiger partial charge in [0.15, 0.2) is 0 Å². The highest BCUT2D eigenvalue weighted by molar-refractivity contribution is 5.83. The minimum Gasteiger partial charge on any atom is -0.467 e. The van der Waals surface area contributed by atoms with Gasteiger partial charge >= 0.3 is 18.1 Å². The molecule has 0 aromatic heterocycles. The molecular weight excluding hydrogens is 326 g/mol. The van der Waals surface area contributed by atoms with Gasteiger partial charge < -0.3 is 25.0 Å². The van der Waals surface area contributed by atoms with Gasteiger partial charge in [-0.1, -0.05) is 13.8 Å². The van der Waals surface area contributed by atoms with E-state index in [0.29, 0.717) is 25.9 Å². The summed E-state index contributed by atoms with van der Waals surface area (Å²) in [5, 5.41) is 5.55. The predicted molar refractivity (Wildman–Crippen MR) is 93.1 cm³/mol. The molecule has 1 aliphatic heterocycles. The molecule has 1 heterocycles. The minimum atomic E-state index is -0.671. The number of likely N-dealkylation sites (tertiary alicyclic amines) is 1. The number of esters is 1. The van der Waals surface area contributed by atoms with Gasteiger partial charge in [0.2, 0.25) is 0 Å². The maximum atomic E-state index is 12.3. The summed E-state index contributed by atoms with van der Waals surface area (Å²) in [7, 11) is 1.30. The molecule has 1 atom stereocenters. The fourth-order valence-corrected chi connectivity index (χ4v) is 2.55. The van der Waals surface area contributed by atoms with Crippen LogP contribution in [0.1, 0.15) is 47.5 Å². The molecule has 2 N–H and O–H groups in total. The second-order valence-corrected chi connectivity index (χ2v) is 7.60. The summed E-state index contributed by atoms with van der Waals surface area (Å²) in [6.45, 7) is 10.1. The lowest BCUT2D eigenvalue weighted by atomic mass is 10.0. The van der Waals surface area contributed by atoms with E-state index in [2.05, 4.69) is 10.6 Å². The van der Waals surface area contributed by atoms with Crippen molar-refractivity contribution in [2.75, 3.05) is 20.2 Å². The van der Waals surface area contributed by atoms with Crippen molar-refractivity contribution in [2.24, 2.45) is 5.92 Å². The predicted octanol–water partition coefficient (Wildman–Crippen LogP) is 1.88. The van der Waals surface area contributed by atoms with E-state index in [-0.39, 0.29) is 18.0 Å². The molecular formula is C17H31N3O5. The van der Waals surface area contributed by atoms with Gasteiger partial charge in [0.25, 0.3) is 0 Å². The van der Waals surface area contributed by atoms with Crippen LogP contribution in [0, 0.1) is 5.92 Å². The first-order chi connectivity index (χ1) is 11.5. The van der Waals surface area contributed by atoms with E-state index in [9.17, 15) is 14.4 Å². The molecule has 1 aliphatic rings. The molecule has 1 rings (SSSR count). The molecule has 0 aromatic carbocycles. The van der Waals surface area contributed by atoms with Crippen molar-refractivity contribution >= 4 is 18.1 Å². The van der Waals surface area contributed by atoms with Crippen molar-refractivity contribution in [3.05, 3.63) is 0 Å². The second kappa shape index (κ2) is 8.92. The lowest BCUT2D eigenvalue weighted by molar-refractivity contribution is -0.144. The number of amides is 3. The molecule has 8 heteroatoms. The van der Waals surface area contributed by atoms with Crippen LogP contribution in [0.15, 0.2) is 0 Å². The molecule has 144 valence electrons. The topological polar surface area (TPSA) is 97.0 Å². The first-order valence-corrected chi connectivity index (χ1v) is 8.66. The average molecular weight is 357 g/mol. The molecule has 0 spiro atoms. The number of nitrogens with one attached hydrogen (secondary N) is 2. The number of hydrogen-bond donors (Lipinski definition) is 2. The number of alkyl carbamates (subject to hydrolysis) is 1. The SMILES string of the molecule is COC(=O)[C@@H](NC(=O)N1CCC(NC(=O)OC(C)(C)C)CC1)C(C)C. The second-order valence-electron chi connectivity index (χ2n) is 7.60. The van der Waals surface area contributed by atoms with Crippen molar-refractivity contribution in [3.63, 3.8) is 0 Å². The van der Waals surface area contributed by atoms with E-state index in [1.165, 1.54) is 7.11 Å². The lowest BCUT2D eigenvalue weighted by Crippen LogP contribution is -2.54. The molecule has 0 aliphatic carbocycles. The summed E-state index contributed by atoms with van der Waals surface area (Å²) in [4.78, 5) is 37.5. The number of hydrogen-bond acceptors (Lipinski definition) is 5. The molecule has 0 radical (unpaired) electrons. The Kier molecular flexibility index (Phi) is 7.51. The fraction of sp³-hybridized carbons (Fsp3) is 0.824. The van der Waals surface area contributed by atoms with Gasteiger partial charge in [-0.05, 0) is 39.5 Å². The van der Waals surface area contributed by atoms with Crippen molar-refractivity contribution in [1.82, 2.24) is 15.5 Å². The van der Waals surface area contributed by atoms with E-state index >= 15 is 0 Å². The minimum absolute atomic E-state index is 0.0274. The largest absolute Gasteiger partial charge is 0.467 e. The summed E-state index contributed by atoms with van der Waals surface area (Å²) < 4.78 is 9.97. The Morgan fingerprint density at radius 3 is 2.12 bits per heavy atom. The third-order valence-electron chi connectivity index (χ3n) is 3.90. The van der Waals surface area contributed by atoms with E-state index in [4.69, 9.17) is 9.47 Å². The molecule has 0 saturated carbocycles. The molecule has 25 heavy (non-hydrogen) atoms. The number of urea groups is 1. The maximum absolute atomic E-state index is 12.3. The normalized spacial score (nSPS) is 17.0. The zero-order chi connectivity index (χ0) is 19.2. The van der Waals surface area contributed by atoms with Crippen LogP contribution in [-0.2, 0) is 14.3 Å². The third kappa shape index (κ3) is 7.19. The number of carbonyl (C=O) groups excluding carboxylic acids is 3. The number of nitrogens with zero attached hydrogens (tertiary/aromatic N) is 1. The zero-order valence-corrected chi connectivity index (χ0v) is 16.0. The summed E-state index contributed by atoms with van der Waals surface area (Å²) in [6, 6.07) is -0.990. The molecule has 1 saturated heterocycles. The molecule has 0 aromatic rings. The highest BCUT2D eigenvalue weighted by Crippen LogP contribution is 2.13. The maximum Gasteiger partial charge on any atom is 0.407 e. The van der Waals surface area contributed by atoms with Crippen LogP contribution in [0.2, 0.25) is 0 Å². The monoisotopic (exact) mass is 357 g/mol. The Hall–Kier alpha value is -1.99. The first kappa shape index (κ1) is 21.1. The summed E-state index contributed by atoms with van der Waals surface area (Å²) in [5.41, 5.74) is -0.537. The Morgan fingerprint density at radius 2 is 1.68 bits per heavy atom. The third-order valence-corrected chi connectivity index (χ3v) is 3.90. The zero-order valence-electron chi connectivity index (χ0n) is 16.0. The van der Waals surface area contributed by atoms with Crippen LogP contribution in [0.3, 0.4) is 0 Å². The van der Waals surface area contributed by atoms with Crippen LogP contribution in [-0.4, -0.2) is 60.9 Å². The number of ether oxygens (including phenoxy) is 2. The van der Waals surface area contributed by atoms with Gasteiger partial charge in [-0.2, -0.15) is 0 Å². The van der Waals surface area contributed by atoms with Crippen molar-refractivity contribution in [3.8, 4) is 0 Å². The van der Waals surface area contributed by atoms with Crippen molar-refractivity contribution < 1.29 is 23.9 Å². The van der Waals surface area contributed by atoms with Crippen LogP contribution >= 0.6 is 0 Å². The van der Waals surface area contributed by atoms with E-state index in [1.807, 2.05) is 34.6 Å². The number of methoxy groups -OCH3 is 1. The van der Waals surface area contributed by atoms with Crippen molar-refractivity contribution in [1.29, 1.82) is 0 Å². The Bertz CT molecular complexity index is 479. The summed E-state index contributed by atoms with van der Waals surface area (Å²) in [6.07, 6.45) is 0.829. The van der Waals surface area contributed by atoms with Crippen LogP contribution < -0.4 is 10.6 Å². The Morgan fingerprint density at radius 1 is 1.12 bits per heavy atom. The highest BCUT2D eigenvalue weighted by atomic mass is 16.6. The molecule has 3 amide bonds. The van der Waals surface area contributed by atoms with E-state index in [1.54, 1.807) is 4.90 Å². The summed E-state index contributed by atoms with van der Waals surface area (Å²) >= 11 is 0. The molecule has 8 nitrogen and oxygen atoms in total. The Labute approximate surface area is 149 Å². The van der Waals surface area contributed by atoms with Gasteiger partial charge in [-0.3, -0.25) is 0 Å². The average Bonchev–Trinajstić information content (AvgIpc) is 2.50. The molecule has 1 fully saturated rings. The van der Waals surface area contributed by atoms with Gasteiger partial charge in [0.05, 0.1) is 7.11 Å². The van der Waals surface area contributed by atoms with Gasteiger partial charge in [0, 0.05) is 19.1 Å². The van der Waals surface area contributed by atoms with Crippen LogP contribution in [0.4, 0.5) is 9.59 Å².